The molecule has 3 rings (SSSR count). The number of nitrogens with zero attached hydrogens (tertiary/aromatic N) is 1. The van der Waals surface area contributed by atoms with E-state index < -0.39 is 6.61 Å². The molecular formula is C20H21F2NO3S. The maximum Gasteiger partial charge on any atom is 0.387 e. The van der Waals surface area contributed by atoms with Gasteiger partial charge in [-0.2, -0.15) is 8.78 Å². The summed E-state index contributed by atoms with van der Waals surface area (Å²) in [5.74, 6) is 0.148. The van der Waals surface area contributed by atoms with E-state index in [0.29, 0.717) is 24.8 Å². The molecule has 0 aliphatic heterocycles. The van der Waals surface area contributed by atoms with E-state index in [0.717, 1.165) is 17.7 Å². The number of ether oxygens (including phenoxy) is 2. The molecule has 1 saturated carbocycles. The first-order valence-electron chi connectivity index (χ1n) is 8.79. The van der Waals surface area contributed by atoms with Crippen molar-refractivity contribution in [1.82, 2.24) is 4.90 Å². The van der Waals surface area contributed by atoms with E-state index in [1.807, 2.05) is 22.4 Å². The molecule has 7 heteroatoms. The van der Waals surface area contributed by atoms with Crippen LogP contribution < -0.4 is 9.47 Å². The van der Waals surface area contributed by atoms with Crippen molar-refractivity contribution in [2.24, 2.45) is 0 Å². The lowest BCUT2D eigenvalue weighted by molar-refractivity contribution is -0.127. The van der Waals surface area contributed by atoms with Crippen LogP contribution in [0.5, 0.6) is 11.5 Å². The van der Waals surface area contributed by atoms with E-state index in [4.69, 9.17) is 4.74 Å². The third-order valence-electron chi connectivity index (χ3n) is 4.08. The Labute approximate surface area is 161 Å². The van der Waals surface area contributed by atoms with Crippen LogP contribution >= 0.6 is 11.3 Å². The molecule has 27 heavy (non-hydrogen) atoms. The second-order valence-corrected chi connectivity index (χ2v) is 7.16. The number of benzene rings is 1. The van der Waals surface area contributed by atoms with Gasteiger partial charge in [-0.1, -0.05) is 12.1 Å². The van der Waals surface area contributed by atoms with Gasteiger partial charge in [-0.15, -0.1) is 11.3 Å². The molecule has 0 atom stereocenters. The Bertz CT molecular complexity index is 789. The Morgan fingerprint density at radius 2 is 2.15 bits per heavy atom. The summed E-state index contributed by atoms with van der Waals surface area (Å²) in [6.07, 6.45) is 5.24. The van der Waals surface area contributed by atoms with E-state index in [2.05, 4.69) is 4.74 Å². The first-order chi connectivity index (χ1) is 13.1. The van der Waals surface area contributed by atoms with E-state index in [1.54, 1.807) is 36.5 Å². The molecule has 1 aromatic heterocycles. The fourth-order valence-electron chi connectivity index (χ4n) is 2.70. The Hall–Kier alpha value is -2.41. The van der Waals surface area contributed by atoms with Gasteiger partial charge in [0.1, 0.15) is 0 Å². The van der Waals surface area contributed by atoms with Gasteiger partial charge in [0, 0.05) is 17.0 Å². The molecule has 2 aromatic rings. The molecule has 1 aromatic carbocycles. The average molecular weight is 393 g/mol. The van der Waals surface area contributed by atoms with Crippen molar-refractivity contribution in [3.8, 4) is 11.5 Å². The lowest BCUT2D eigenvalue weighted by atomic mass is 10.2. The van der Waals surface area contributed by atoms with E-state index in [1.165, 1.54) is 12.1 Å². The third kappa shape index (κ3) is 5.53. The summed E-state index contributed by atoms with van der Waals surface area (Å²) in [6, 6.07) is 8.92. The molecule has 4 nitrogen and oxygen atoms in total. The summed E-state index contributed by atoms with van der Waals surface area (Å²) in [4.78, 5) is 15.7. The molecule has 0 bridgehead atoms. The number of hydrogen-bond donors (Lipinski definition) is 0. The minimum Gasteiger partial charge on any atom is -0.490 e. The van der Waals surface area contributed by atoms with Gasteiger partial charge in [-0.3, -0.25) is 4.79 Å². The highest BCUT2D eigenvalue weighted by Gasteiger charge is 2.31. The normalized spacial score (nSPS) is 13.9. The predicted molar refractivity (Wildman–Crippen MR) is 101 cm³/mol. The second-order valence-electron chi connectivity index (χ2n) is 6.13. The molecular weight excluding hydrogens is 372 g/mol. The van der Waals surface area contributed by atoms with Crippen LogP contribution in [0.3, 0.4) is 0 Å². The Morgan fingerprint density at radius 1 is 1.33 bits per heavy atom. The quantitative estimate of drug-likeness (QED) is 0.566. The first kappa shape index (κ1) is 19.4. The van der Waals surface area contributed by atoms with Gasteiger partial charge in [-0.25, -0.2) is 0 Å². The fourth-order valence-corrected chi connectivity index (χ4v) is 3.40. The minimum atomic E-state index is -2.92. The number of hydrogen-bond acceptors (Lipinski definition) is 4. The van der Waals surface area contributed by atoms with Gasteiger partial charge < -0.3 is 14.4 Å². The molecule has 1 aliphatic carbocycles. The maximum atomic E-state index is 12.6. The molecule has 0 spiro atoms. The van der Waals surface area contributed by atoms with Crippen LogP contribution in [0, 0.1) is 0 Å². The number of alkyl halides is 2. The standard InChI is InChI=1S/C20H21F2NO3S/c1-2-25-18-12-14(5-9-17(18)26-20(21)22)6-10-19(24)23(15-7-8-15)13-16-4-3-11-27-16/h3-6,9-12,15,20H,2,7-8,13H2,1H3/b10-6-. The van der Waals surface area contributed by atoms with Crippen LogP contribution in [-0.2, 0) is 11.3 Å². The average Bonchev–Trinajstić information content (AvgIpc) is 3.35. The topological polar surface area (TPSA) is 38.8 Å². The van der Waals surface area contributed by atoms with Crippen LogP contribution in [0.25, 0.3) is 6.08 Å². The molecule has 0 radical (unpaired) electrons. The van der Waals surface area contributed by atoms with Crippen molar-refractivity contribution in [3.63, 3.8) is 0 Å². The Balaban J connectivity index is 1.71. The Morgan fingerprint density at radius 3 is 2.78 bits per heavy atom. The van der Waals surface area contributed by atoms with E-state index >= 15 is 0 Å². The summed E-state index contributed by atoms with van der Waals surface area (Å²) in [5, 5.41) is 2.00. The zero-order valence-corrected chi connectivity index (χ0v) is 15.8. The number of thiophene rings is 1. The second kappa shape index (κ2) is 8.99. The SMILES string of the molecule is CCOc1cc(/C=C\C(=O)N(Cc2cccs2)C2CC2)ccc1OC(F)F. The summed E-state index contributed by atoms with van der Waals surface area (Å²) in [6.45, 7) is -0.230. The van der Waals surface area contributed by atoms with Crippen molar-refractivity contribution in [3.05, 3.63) is 52.2 Å². The van der Waals surface area contributed by atoms with Crippen molar-refractivity contribution < 1.29 is 23.0 Å². The molecule has 1 amide bonds. The van der Waals surface area contributed by atoms with Crippen molar-refractivity contribution >= 4 is 23.3 Å². The van der Waals surface area contributed by atoms with Gasteiger partial charge in [0.2, 0.25) is 5.91 Å². The predicted octanol–water partition coefficient (Wildman–Crippen LogP) is 4.95. The minimum absolute atomic E-state index is 0.0207. The number of carbonyl (C=O) groups excluding carboxylic acids is 1. The highest BCUT2D eigenvalue weighted by molar-refractivity contribution is 7.09. The summed E-state index contributed by atoms with van der Waals surface area (Å²) in [7, 11) is 0. The molecule has 0 N–H and O–H groups in total. The van der Waals surface area contributed by atoms with E-state index in [9.17, 15) is 13.6 Å². The van der Waals surface area contributed by atoms with Crippen LogP contribution in [0.15, 0.2) is 41.8 Å². The molecule has 0 unspecified atom stereocenters. The number of carbonyl (C=O) groups is 1. The van der Waals surface area contributed by atoms with Crippen LogP contribution in [0.4, 0.5) is 8.78 Å². The smallest absolute Gasteiger partial charge is 0.387 e. The zero-order chi connectivity index (χ0) is 19.2. The molecule has 144 valence electrons. The lowest BCUT2D eigenvalue weighted by Gasteiger charge is -2.20. The molecule has 0 saturated heterocycles. The van der Waals surface area contributed by atoms with Crippen LogP contribution in [-0.4, -0.2) is 30.1 Å². The summed E-state index contributed by atoms with van der Waals surface area (Å²) in [5.41, 5.74) is 0.681. The fraction of sp³-hybridized carbons (Fsp3) is 0.350. The van der Waals surface area contributed by atoms with Crippen molar-refractivity contribution in [1.29, 1.82) is 0 Å². The zero-order valence-electron chi connectivity index (χ0n) is 14.9. The van der Waals surface area contributed by atoms with Gasteiger partial charge >= 0.3 is 6.61 Å². The number of amides is 1. The van der Waals surface area contributed by atoms with Crippen LogP contribution in [0.2, 0.25) is 0 Å². The first-order valence-corrected chi connectivity index (χ1v) is 9.67. The summed E-state index contributed by atoms with van der Waals surface area (Å²) < 4.78 is 34.8. The lowest BCUT2D eigenvalue weighted by Crippen LogP contribution is -2.30. The molecule has 1 heterocycles. The molecule has 1 fully saturated rings. The maximum absolute atomic E-state index is 12.6. The Kier molecular flexibility index (Phi) is 6.45. The molecule has 1 aliphatic rings. The van der Waals surface area contributed by atoms with Crippen molar-refractivity contribution in [2.75, 3.05) is 6.61 Å². The van der Waals surface area contributed by atoms with Gasteiger partial charge in [-0.05, 0) is 55.0 Å². The van der Waals surface area contributed by atoms with E-state index in [-0.39, 0.29) is 17.4 Å². The monoisotopic (exact) mass is 393 g/mol. The largest absolute Gasteiger partial charge is 0.490 e. The van der Waals surface area contributed by atoms with Gasteiger partial charge in [0.25, 0.3) is 0 Å². The van der Waals surface area contributed by atoms with Gasteiger partial charge in [0.15, 0.2) is 11.5 Å². The number of halogens is 2. The number of rotatable bonds is 9. The third-order valence-corrected chi connectivity index (χ3v) is 4.94. The van der Waals surface area contributed by atoms with Gasteiger partial charge in [0.05, 0.1) is 13.2 Å². The highest BCUT2D eigenvalue weighted by Crippen LogP contribution is 2.31. The highest BCUT2D eigenvalue weighted by atomic mass is 32.1. The summed E-state index contributed by atoms with van der Waals surface area (Å²) >= 11 is 1.63. The van der Waals surface area contributed by atoms with Crippen molar-refractivity contribution in [2.45, 2.75) is 39.0 Å². The van der Waals surface area contributed by atoms with Crippen LogP contribution in [0.1, 0.15) is 30.2 Å².